The van der Waals surface area contributed by atoms with Gasteiger partial charge in [-0.2, -0.15) is 0 Å². The number of carboxylic acid groups (broad SMARTS) is 1. The number of ether oxygens (including phenoxy) is 4. The summed E-state index contributed by atoms with van der Waals surface area (Å²) in [5.74, 6) is 1.43. The highest BCUT2D eigenvalue weighted by molar-refractivity contribution is 7.15. The Kier molecular flexibility index (Phi) is 7.52. The molecule has 0 aliphatic heterocycles. The van der Waals surface area contributed by atoms with Gasteiger partial charge in [0.1, 0.15) is 23.1 Å². The highest BCUT2D eigenvalue weighted by atomic mass is 32.1. The Morgan fingerprint density at radius 1 is 0.886 bits per heavy atom. The van der Waals surface area contributed by atoms with Gasteiger partial charge in [-0.05, 0) is 54.4 Å². The summed E-state index contributed by atoms with van der Waals surface area (Å²) in [6.45, 7) is 1.74. The summed E-state index contributed by atoms with van der Waals surface area (Å²) in [6.07, 6.45) is 0. The van der Waals surface area contributed by atoms with Gasteiger partial charge in [-0.3, -0.25) is 0 Å². The molecule has 0 aliphatic rings. The van der Waals surface area contributed by atoms with Gasteiger partial charge in [-0.15, -0.1) is 11.3 Å². The first-order chi connectivity index (χ1) is 17.0. The number of aliphatic carboxylic acids is 1. The number of carbonyl (C=O) groups is 1. The lowest BCUT2D eigenvalue weighted by Gasteiger charge is -2.10. The molecule has 3 aromatic carbocycles. The lowest BCUT2D eigenvalue weighted by atomic mass is 10.1. The molecule has 0 amide bonds. The van der Waals surface area contributed by atoms with E-state index in [0.717, 1.165) is 32.3 Å². The van der Waals surface area contributed by atoms with E-state index in [-0.39, 0.29) is 13.2 Å². The van der Waals surface area contributed by atoms with Crippen molar-refractivity contribution in [3.63, 3.8) is 0 Å². The summed E-state index contributed by atoms with van der Waals surface area (Å²) in [6, 6.07) is 21.1. The van der Waals surface area contributed by atoms with E-state index in [1.54, 1.807) is 37.7 Å². The van der Waals surface area contributed by atoms with E-state index in [4.69, 9.17) is 29.0 Å². The van der Waals surface area contributed by atoms with Crippen LogP contribution in [0.1, 0.15) is 10.6 Å². The first kappa shape index (κ1) is 24.1. The van der Waals surface area contributed by atoms with Gasteiger partial charge in [0, 0.05) is 5.56 Å². The third kappa shape index (κ3) is 5.73. The number of nitrogens with zero attached hydrogens (tertiary/aromatic N) is 1. The van der Waals surface area contributed by atoms with Crippen LogP contribution in [-0.4, -0.2) is 36.9 Å². The van der Waals surface area contributed by atoms with Crippen molar-refractivity contribution >= 4 is 17.3 Å². The fourth-order valence-corrected chi connectivity index (χ4v) is 4.55. The zero-order chi connectivity index (χ0) is 24.8. The van der Waals surface area contributed by atoms with Crippen molar-refractivity contribution in [1.82, 2.24) is 4.98 Å². The average molecular weight is 492 g/mol. The van der Waals surface area contributed by atoms with Crippen molar-refractivity contribution < 1.29 is 28.8 Å². The second-order valence-electron chi connectivity index (χ2n) is 7.62. The predicted molar refractivity (Wildman–Crippen MR) is 135 cm³/mol. The predicted octanol–water partition coefficient (Wildman–Crippen LogP) is 5.85. The number of hydrogen-bond acceptors (Lipinski definition) is 7. The Bertz CT molecular complexity index is 1320. The molecule has 180 valence electrons. The van der Waals surface area contributed by atoms with Crippen molar-refractivity contribution in [1.29, 1.82) is 0 Å². The molecule has 1 aromatic heterocycles. The molecule has 0 atom stereocenters. The summed E-state index contributed by atoms with van der Waals surface area (Å²) in [4.78, 5) is 16.7. The van der Waals surface area contributed by atoms with E-state index < -0.39 is 5.97 Å². The lowest BCUT2D eigenvalue weighted by molar-refractivity contribution is -0.139. The molecule has 1 heterocycles. The zero-order valence-corrected chi connectivity index (χ0v) is 20.4. The maximum atomic E-state index is 10.7. The Morgan fingerprint density at radius 2 is 1.63 bits per heavy atom. The Morgan fingerprint density at radius 3 is 2.31 bits per heavy atom. The molecule has 0 saturated carbocycles. The number of thiazole rings is 1. The van der Waals surface area contributed by atoms with Crippen LogP contribution < -0.4 is 18.9 Å². The molecule has 0 unspecified atom stereocenters. The smallest absolute Gasteiger partial charge is 0.341 e. The minimum Gasteiger partial charge on any atom is -0.493 e. The van der Waals surface area contributed by atoms with Gasteiger partial charge < -0.3 is 24.1 Å². The monoisotopic (exact) mass is 491 g/mol. The molecule has 0 bridgehead atoms. The minimum absolute atomic E-state index is 0.284. The molecule has 7 nitrogen and oxygen atoms in total. The van der Waals surface area contributed by atoms with Crippen LogP contribution in [-0.2, 0) is 11.4 Å². The summed E-state index contributed by atoms with van der Waals surface area (Å²) in [5.41, 5.74) is 3.62. The summed E-state index contributed by atoms with van der Waals surface area (Å²) < 4.78 is 22.2. The van der Waals surface area contributed by atoms with Gasteiger partial charge in [0.15, 0.2) is 18.1 Å². The Balaban J connectivity index is 1.61. The van der Waals surface area contributed by atoms with Crippen LogP contribution in [0.4, 0.5) is 0 Å². The first-order valence-electron chi connectivity index (χ1n) is 10.8. The summed E-state index contributed by atoms with van der Waals surface area (Å²) in [5, 5.41) is 9.62. The second-order valence-corrected chi connectivity index (χ2v) is 8.70. The number of hydrogen-bond donors (Lipinski definition) is 1. The third-order valence-electron chi connectivity index (χ3n) is 5.22. The molecule has 0 aliphatic carbocycles. The quantitative estimate of drug-likeness (QED) is 0.298. The first-order valence-corrected chi connectivity index (χ1v) is 11.7. The SMILES string of the molecule is COc1ccc(-c2nc(COc3ccc(OCC(=O)O)c(C)c3)sc2-c2ccccc2)cc1OC. The van der Waals surface area contributed by atoms with E-state index in [2.05, 4.69) is 12.1 Å². The van der Waals surface area contributed by atoms with E-state index in [1.165, 1.54) is 0 Å². The average Bonchev–Trinajstić information content (AvgIpc) is 3.31. The van der Waals surface area contributed by atoms with Crippen LogP contribution in [0, 0.1) is 6.92 Å². The third-order valence-corrected chi connectivity index (χ3v) is 6.30. The number of methoxy groups -OCH3 is 2. The summed E-state index contributed by atoms with van der Waals surface area (Å²) >= 11 is 1.57. The van der Waals surface area contributed by atoms with Gasteiger partial charge in [-0.1, -0.05) is 30.3 Å². The molecule has 1 N–H and O–H groups in total. The van der Waals surface area contributed by atoms with Gasteiger partial charge in [0.25, 0.3) is 0 Å². The zero-order valence-electron chi connectivity index (χ0n) is 19.6. The van der Waals surface area contributed by atoms with Crippen LogP contribution in [0.3, 0.4) is 0 Å². The molecule has 4 aromatic rings. The maximum Gasteiger partial charge on any atom is 0.341 e. The van der Waals surface area contributed by atoms with Crippen LogP contribution in [0.5, 0.6) is 23.0 Å². The van der Waals surface area contributed by atoms with Crippen molar-refractivity contribution in [2.75, 3.05) is 20.8 Å². The lowest BCUT2D eigenvalue weighted by Crippen LogP contribution is -2.10. The van der Waals surface area contributed by atoms with E-state index in [9.17, 15) is 4.79 Å². The Labute approximate surface area is 207 Å². The highest BCUT2D eigenvalue weighted by Crippen LogP contribution is 2.40. The van der Waals surface area contributed by atoms with Gasteiger partial charge in [0.05, 0.1) is 24.8 Å². The molecule has 0 radical (unpaired) electrons. The van der Waals surface area contributed by atoms with Crippen LogP contribution in [0.25, 0.3) is 21.7 Å². The number of benzene rings is 3. The van der Waals surface area contributed by atoms with Crippen molar-refractivity contribution in [2.45, 2.75) is 13.5 Å². The van der Waals surface area contributed by atoms with E-state index >= 15 is 0 Å². The van der Waals surface area contributed by atoms with Crippen LogP contribution in [0.15, 0.2) is 66.7 Å². The fraction of sp³-hybridized carbons (Fsp3) is 0.185. The number of carboxylic acids is 1. The molecule has 0 saturated heterocycles. The maximum absolute atomic E-state index is 10.7. The molecule has 35 heavy (non-hydrogen) atoms. The molecular weight excluding hydrogens is 466 g/mol. The standard InChI is InChI=1S/C27H25NO6S/c1-17-13-20(10-12-21(17)34-16-25(29)30)33-15-24-28-26(27(35-24)18-7-5-4-6-8-18)19-9-11-22(31-2)23(14-19)32-3/h4-14H,15-16H2,1-3H3,(H,29,30). The fourth-order valence-electron chi connectivity index (χ4n) is 3.55. The summed E-state index contributed by atoms with van der Waals surface area (Å²) in [7, 11) is 3.22. The largest absolute Gasteiger partial charge is 0.493 e. The molecule has 4 rings (SSSR count). The van der Waals surface area contributed by atoms with Crippen molar-refractivity contribution in [3.05, 3.63) is 77.3 Å². The highest BCUT2D eigenvalue weighted by Gasteiger charge is 2.17. The number of aryl methyl sites for hydroxylation is 1. The van der Waals surface area contributed by atoms with E-state index in [1.807, 2.05) is 49.4 Å². The normalized spacial score (nSPS) is 10.6. The van der Waals surface area contributed by atoms with Crippen LogP contribution >= 0.6 is 11.3 Å². The molecule has 0 spiro atoms. The number of rotatable bonds is 10. The van der Waals surface area contributed by atoms with Gasteiger partial charge in [-0.25, -0.2) is 9.78 Å². The van der Waals surface area contributed by atoms with Crippen molar-refractivity contribution in [2.24, 2.45) is 0 Å². The van der Waals surface area contributed by atoms with Gasteiger partial charge in [0.2, 0.25) is 0 Å². The van der Waals surface area contributed by atoms with E-state index in [0.29, 0.717) is 23.0 Å². The number of aromatic nitrogens is 1. The minimum atomic E-state index is -1.02. The second kappa shape index (κ2) is 10.9. The molecule has 8 heteroatoms. The van der Waals surface area contributed by atoms with Crippen molar-refractivity contribution in [3.8, 4) is 44.7 Å². The molecule has 0 fully saturated rings. The van der Waals surface area contributed by atoms with Crippen LogP contribution in [0.2, 0.25) is 0 Å². The van der Waals surface area contributed by atoms with Gasteiger partial charge >= 0.3 is 5.97 Å². The molecular formula is C27H25NO6S. The topological polar surface area (TPSA) is 87.1 Å². The Hall–Kier alpha value is -4.04.